The van der Waals surface area contributed by atoms with Crippen molar-refractivity contribution in [3.05, 3.63) is 46.9 Å². The number of halogens is 2. The number of benzene rings is 1. The molecule has 4 N–H and O–H groups in total. The molecule has 1 aliphatic carbocycles. The van der Waals surface area contributed by atoms with Gasteiger partial charge in [-0.05, 0) is 37.1 Å². The zero-order valence-electron chi connectivity index (χ0n) is 12.9. The first-order valence-electron chi connectivity index (χ1n) is 7.70. The van der Waals surface area contributed by atoms with Crippen molar-refractivity contribution in [3.63, 3.8) is 0 Å². The summed E-state index contributed by atoms with van der Waals surface area (Å²) in [6, 6.07) is 6.27. The molecule has 0 spiro atoms. The molecular formula is C16H14ClFN6O. The smallest absolute Gasteiger partial charge is 0.202 e. The van der Waals surface area contributed by atoms with Gasteiger partial charge in [0, 0.05) is 23.5 Å². The number of aromatic nitrogens is 3. The summed E-state index contributed by atoms with van der Waals surface area (Å²) in [6.07, 6.45) is 3.81. The van der Waals surface area contributed by atoms with Crippen molar-refractivity contribution in [1.29, 1.82) is 0 Å². The maximum absolute atomic E-state index is 13.3. The first kappa shape index (κ1) is 15.6. The quantitative estimate of drug-likeness (QED) is 0.247. The van der Waals surface area contributed by atoms with Crippen LogP contribution in [0.3, 0.4) is 0 Å². The van der Waals surface area contributed by atoms with Crippen LogP contribution in [0.1, 0.15) is 18.4 Å². The third kappa shape index (κ3) is 3.20. The van der Waals surface area contributed by atoms with Crippen LogP contribution < -0.4 is 10.6 Å². The van der Waals surface area contributed by atoms with Gasteiger partial charge < -0.3 is 20.8 Å². The maximum Gasteiger partial charge on any atom is 0.202 e. The summed E-state index contributed by atoms with van der Waals surface area (Å²) in [5.41, 5.74) is 2.18. The maximum atomic E-state index is 13.3. The van der Waals surface area contributed by atoms with Crippen molar-refractivity contribution >= 4 is 40.2 Å². The third-order valence-electron chi connectivity index (χ3n) is 3.85. The summed E-state index contributed by atoms with van der Waals surface area (Å²) in [4.78, 5) is 11.8. The Hall–Kier alpha value is -2.87. The van der Waals surface area contributed by atoms with Gasteiger partial charge in [-0.15, -0.1) is 0 Å². The van der Waals surface area contributed by atoms with Crippen LogP contribution in [0.5, 0.6) is 0 Å². The molecule has 1 aliphatic rings. The minimum absolute atomic E-state index is 0.0281. The average molecular weight is 361 g/mol. The Bertz CT molecular complexity index is 968. The first-order chi connectivity index (χ1) is 12.1. The predicted molar refractivity (Wildman–Crippen MR) is 93.9 cm³/mol. The average Bonchev–Trinajstić information content (AvgIpc) is 3.31. The van der Waals surface area contributed by atoms with E-state index in [4.69, 9.17) is 11.6 Å². The van der Waals surface area contributed by atoms with E-state index in [-0.39, 0.29) is 10.9 Å². The van der Waals surface area contributed by atoms with Gasteiger partial charge in [0.05, 0.1) is 10.5 Å². The van der Waals surface area contributed by atoms with Gasteiger partial charge in [-0.2, -0.15) is 4.98 Å². The number of fused-ring (bicyclic) bond motifs is 1. The van der Waals surface area contributed by atoms with Crippen LogP contribution in [0.4, 0.5) is 16.0 Å². The number of nitrogens with zero attached hydrogens (tertiary/aromatic N) is 3. The van der Waals surface area contributed by atoms with Crippen molar-refractivity contribution in [3.8, 4) is 0 Å². The number of aromatic amines is 1. The number of H-pyrrole nitrogens is 1. The normalized spacial score (nSPS) is 14.7. The van der Waals surface area contributed by atoms with E-state index in [1.807, 2.05) is 0 Å². The molecule has 0 amide bonds. The molecule has 0 bridgehead atoms. The van der Waals surface area contributed by atoms with Crippen LogP contribution in [0.25, 0.3) is 11.2 Å². The van der Waals surface area contributed by atoms with Gasteiger partial charge >= 0.3 is 0 Å². The number of rotatable bonds is 4. The molecule has 4 rings (SSSR count). The molecule has 7 nitrogen and oxygen atoms in total. The number of pyridine rings is 1. The molecule has 0 atom stereocenters. The number of imidazole rings is 1. The number of oxime groups is 1. The van der Waals surface area contributed by atoms with Crippen molar-refractivity contribution in [2.75, 3.05) is 10.6 Å². The molecule has 128 valence electrons. The fraction of sp³-hybridized carbons (Fsp3) is 0.188. The van der Waals surface area contributed by atoms with Gasteiger partial charge in [0.15, 0.2) is 11.5 Å². The Kier molecular flexibility index (Phi) is 3.89. The number of hydrogen-bond donors (Lipinski definition) is 4. The van der Waals surface area contributed by atoms with E-state index in [0.29, 0.717) is 34.4 Å². The van der Waals surface area contributed by atoms with Crippen LogP contribution in [0, 0.1) is 5.82 Å². The monoisotopic (exact) mass is 360 g/mol. The highest BCUT2D eigenvalue weighted by atomic mass is 35.5. The molecule has 0 saturated heterocycles. The van der Waals surface area contributed by atoms with Gasteiger partial charge in [-0.1, -0.05) is 16.8 Å². The molecule has 1 saturated carbocycles. The highest BCUT2D eigenvalue weighted by Crippen LogP contribution is 2.26. The van der Waals surface area contributed by atoms with E-state index in [1.165, 1.54) is 18.2 Å². The summed E-state index contributed by atoms with van der Waals surface area (Å²) in [7, 11) is 0. The van der Waals surface area contributed by atoms with E-state index in [1.54, 1.807) is 12.3 Å². The minimum Gasteiger partial charge on any atom is -0.409 e. The fourth-order valence-corrected chi connectivity index (χ4v) is 2.64. The lowest BCUT2D eigenvalue weighted by atomic mass is 10.2. The lowest BCUT2D eigenvalue weighted by Gasteiger charge is -2.09. The number of anilines is 2. The van der Waals surface area contributed by atoms with E-state index < -0.39 is 5.82 Å². The Morgan fingerprint density at radius 1 is 1.36 bits per heavy atom. The summed E-state index contributed by atoms with van der Waals surface area (Å²) in [5.74, 6) is 0.265. The molecule has 0 unspecified atom stereocenters. The first-order valence-corrected chi connectivity index (χ1v) is 8.07. The number of amidine groups is 1. The van der Waals surface area contributed by atoms with Gasteiger partial charge in [0.1, 0.15) is 5.82 Å². The molecule has 2 aromatic heterocycles. The Morgan fingerprint density at radius 3 is 2.92 bits per heavy atom. The van der Waals surface area contributed by atoms with Crippen molar-refractivity contribution in [1.82, 2.24) is 15.0 Å². The van der Waals surface area contributed by atoms with Crippen LogP contribution in [0.15, 0.2) is 35.6 Å². The number of nitrogens with one attached hydrogen (secondary N) is 3. The SMILES string of the molecule is O/N=C(\Nc1ccc(F)c(Cl)c1)c1ccnc2nc(NC3CC3)[nH]c12. The molecular weight excluding hydrogens is 347 g/mol. The van der Waals surface area contributed by atoms with E-state index in [9.17, 15) is 9.60 Å². The number of hydrogen-bond acceptors (Lipinski definition) is 5. The van der Waals surface area contributed by atoms with Crippen LogP contribution in [-0.2, 0) is 0 Å². The Morgan fingerprint density at radius 2 is 2.20 bits per heavy atom. The molecule has 1 aromatic carbocycles. The Labute approximate surface area is 146 Å². The minimum atomic E-state index is -0.523. The second kappa shape index (κ2) is 6.21. The summed E-state index contributed by atoms with van der Waals surface area (Å²) in [5, 5.41) is 18.9. The summed E-state index contributed by atoms with van der Waals surface area (Å²) >= 11 is 5.79. The molecule has 25 heavy (non-hydrogen) atoms. The zero-order chi connectivity index (χ0) is 17.4. The standard InChI is InChI=1S/C16H14ClFN6O/c17-11-7-9(3-4-12(11)18)20-14(24-25)10-5-6-19-15-13(10)22-16(23-15)21-8-1-2-8/h3-8,25H,1-2H2,(H,20,24)(H2,19,21,22,23). The van der Waals surface area contributed by atoms with Gasteiger partial charge in [0.2, 0.25) is 5.95 Å². The molecule has 9 heteroatoms. The molecule has 2 heterocycles. The van der Waals surface area contributed by atoms with E-state index in [0.717, 1.165) is 12.8 Å². The molecule has 0 aliphatic heterocycles. The summed E-state index contributed by atoms with van der Waals surface area (Å²) in [6.45, 7) is 0. The van der Waals surface area contributed by atoms with Gasteiger partial charge in [-0.25, -0.2) is 9.37 Å². The molecule has 1 fully saturated rings. The van der Waals surface area contributed by atoms with Gasteiger partial charge in [-0.3, -0.25) is 0 Å². The van der Waals surface area contributed by atoms with Crippen LogP contribution >= 0.6 is 11.6 Å². The topological polar surface area (TPSA) is 98.2 Å². The highest BCUT2D eigenvalue weighted by Gasteiger charge is 2.23. The zero-order valence-corrected chi connectivity index (χ0v) is 13.7. The van der Waals surface area contributed by atoms with E-state index >= 15 is 0 Å². The second-order valence-corrected chi connectivity index (χ2v) is 6.17. The van der Waals surface area contributed by atoms with Crippen molar-refractivity contribution in [2.45, 2.75) is 18.9 Å². The van der Waals surface area contributed by atoms with Crippen molar-refractivity contribution < 1.29 is 9.60 Å². The lowest BCUT2D eigenvalue weighted by molar-refractivity contribution is 0.319. The molecule has 0 radical (unpaired) electrons. The van der Waals surface area contributed by atoms with E-state index in [2.05, 4.69) is 30.7 Å². The molecule has 3 aromatic rings. The lowest BCUT2D eigenvalue weighted by Crippen LogP contribution is -2.14. The fourth-order valence-electron chi connectivity index (χ4n) is 2.45. The highest BCUT2D eigenvalue weighted by molar-refractivity contribution is 6.31. The van der Waals surface area contributed by atoms with Crippen molar-refractivity contribution in [2.24, 2.45) is 5.16 Å². The van der Waals surface area contributed by atoms with Gasteiger partial charge in [0.25, 0.3) is 0 Å². The van der Waals surface area contributed by atoms with Crippen LogP contribution in [0.2, 0.25) is 5.02 Å². The van der Waals surface area contributed by atoms with Crippen LogP contribution in [-0.4, -0.2) is 32.0 Å². The summed E-state index contributed by atoms with van der Waals surface area (Å²) < 4.78 is 13.3. The second-order valence-electron chi connectivity index (χ2n) is 5.76. The Balaban J connectivity index is 1.68. The third-order valence-corrected chi connectivity index (χ3v) is 4.14. The largest absolute Gasteiger partial charge is 0.409 e. The predicted octanol–water partition coefficient (Wildman–Crippen LogP) is 3.57.